The molecule has 114 valence electrons. The van der Waals surface area contributed by atoms with E-state index in [1.807, 2.05) is 6.92 Å². The fourth-order valence-corrected chi connectivity index (χ4v) is 3.17. The highest BCUT2D eigenvalue weighted by Crippen LogP contribution is 2.27. The van der Waals surface area contributed by atoms with Crippen molar-refractivity contribution in [2.45, 2.75) is 50.8 Å². The normalized spacial score (nSPS) is 12.0. The van der Waals surface area contributed by atoms with Gasteiger partial charge < -0.3 is 0 Å². The van der Waals surface area contributed by atoms with Gasteiger partial charge in [0.15, 0.2) is 0 Å². The fraction of sp³-hybridized carbons (Fsp3) is 0.412. The smallest absolute Gasteiger partial charge is 0.282 e. The maximum absolute atomic E-state index is 11.3. The number of hydrogen-bond acceptors (Lipinski definition) is 2. The van der Waals surface area contributed by atoms with Crippen molar-refractivity contribution in [3.8, 4) is 0 Å². The average Bonchev–Trinajstić information content (AvgIpc) is 2.44. The van der Waals surface area contributed by atoms with E-state index in [2.05, 4.69) is 19.1 Å². The molecule has 2 aromatic rings. The van der Waals surface area contributed by atoms with Gasteiger partial charge in [0.1, 0.15) is 0 Å². The van der Waals surface area contributed by atoms with E-state index in [4.69, 9.17) is 0 Å². The highest BCUT2D eigenvalue weighted by molar-refractivity contribution is 7.85. The van der Waals surface area contributed by atoms with Crippen molar-refractivity contribution in [2.75, 3.05) is 0 Å². The molecule has 1 N–H and O–H groups in total. The van der Waals surface area contributed by atoms with Gasteiger partial charge in [-0.2, -0.15) is 8.42 Å². The maximum atomic E-state index is 11.3. The largest absolute Gasteiger partial charge is 0.294 e. The third-order valence-corrected chi connectivity index (χ3v) is 4.74. The molecule has 0 aliphatic carbocycles. The van der Waals surface area contributed by atoms with Crippen LogP contribution in [0, 0.1) is 6.92 Å². The topological polar surface area (TPSA) is 54.4 Å². The lowest BCUT2D eigenvalue weighted by atomic mass is 9.96. The van der Waals surface area contributed by atoms with Crippen LogP contribution in [0.15, 0.2) is 35.2 Å². The van der Waals surface area contributed by atoms with E-state index in [1.165, 1.54) is 25.3 Å². The number of rotatable bonds is 6. The van der Waals surface area contributed by atoms with Crippen molar-refractivity contribution in [3.63, 3.8) is 0 Å². The Balaban J connectivity index is 2.42. The van der Waals surface area contributed by atoms with Gasteiger partial charge >= 0.3 is 0 Å². The third kappa shape index (κ3) is 3.83. The molecule has 0 atom stereocenters. The number of fused-ring (bicyclic) bond motifs is 1. The summed E-state index contributed by atoms with van der Waals surface area (Å²) in [6.45, 7) is 4.19. The Hall–Kier alpha value is -1.39. The molecule has 0 amide bonds. The summed E-state index contributed by atoms with van der Waals surface area (Å²) in [5.74, 6) is 0. The van der Waals surface area contributed by atoms with E-state index >= 15 is 0 Å². The Bertz CT molecular complexity index is 733. The Morgan fingerprint density at radius 1 is 1.00 bits per heavy atom. The first-order valence-electron chi connectivity index (χ1n) is 7.43. The van der Waals surface area contributed by atoms with E-state index in [0.29, 0.717) is 0 Å². The van der Waals surface area contributed by atoms with Crippen molar-refractivity contribution < 1.29 is 13.0 Å². The maximum Gasteiger partial charge on any atom is 0.294 e. The quantitative estimate of drug-likeness (QED) is 0.630. The minimum Gasteiger partial charge on any atom is -0.282 e. The predicted molar refractivity (Wildman–Crippen MR) is 86.3 cm³/mol. The molecule has 2 aromatic carbocycles. The number of hydrogen-bond donors (Lipinski definition) is 1. The van der Waals surface area contributed by atoms with Crippen molar-refractivity contribution in [1.82, 2.24) is 0 Å². The molecule has 0 aromatic heterocycles. The zero-order valence-corrected chi connectivity index (χ0v) is 13.4. The van der Waals surface area contributed by atoms with Crippen LogP contribution in [-0.2, 0) is 16.5 Å². The minimum atomic E-state index is -4.15. The second-order valence-corrected chi connectivity index (χ2v) is 6.96. The number of benzene rings is 2. The van der Waals surface area contributed by atoms with Crippen molar-refractivity contribution in [2.24, 2.45) is 0 Å². The van der Waals surface area contributed by atoms with Gasteiger partial charge in [-0.15, -0.1) is 0 Å². The molecule has 0 heterocycles. The highest BCUT2D eigenvalue weighted by Gasteiger charge is 2.12. The van der Waals surface area contributed by atoms with Gasteiger partial charge in [0, 0.05) is 0 Å². The third-order valence-electron chi connectivity index (χ3n) is 3.89. The lowest BCUT2D eigenvalue weighted by molar-refractivity contribution is 0.483. The molecule has 0 spiro atoms. The van der Waals surface area contributed by atoms with Crippen LogP contribution in [-0.4, -0.2) is 13.0 Å². The van der Waals surface area contributed by atoms with Gasteiger partial charge in [-0.25, -0.2) is 0 Å². The summed E-state index contributed by atoms with van der Waals surface area (Å²) in [5, 5.41) is 1.98. The van der Waals surface area contributed by atoms with Gasteiger partial charge in [0.05, 0.1) is 4.90 Å². The first kappa shape index (κ1) is 16.0. The molecule has 0 aliphatic rings. The molecular weight excluding hydrogens is 284 g/mol. The lowest BCUT2D eigenvalue weighted by Crippen LogP contribution is -1.99. The van der Waals surface area contributed by atoms with E-state index in [0.717, 1.165) is 34.7 Å². The molecule has 0 saturated carbocycles. The molecule has 4 heteroatoms. The first-order valence-corrected chi connectivity index (χ1v) is 8.87. The second-order valence-electron chi connectivity index (χ2n) is 5.53. The van der Waals surface area contributed by atoms with Crippen LogP contribution in [0.25, 0.3) is 10.8 Å². The fourth-order valence-electron chi connectivity index (χ4n) is 2.66. The van der Waals surface area contributed by atoms with E-state index < -0.39 is 10.1 Å². The van der Waals surface area contributed by atoms with Crippen molar-refractivity contribution in [3.05, 3.63) is 41.5 Å². The van der Waals surface area contributed by atoms with Gasteiger partial charge in [-0.1, -0.05) is 44.4 Å². The van der Waals surface area contributed by atoms with E-state index in [1.54, 1.807) is 12.1 Å². The summed E-state index contributed by atoms with van der Waals surface area (Å²) >= 11 is 0. The Labute approximate surface area is 126 Å². The van der Waals surface area contributed by atoms with Gasteiger partial charge in [0.25, 0.3) is 10.1 Å². The molecule has 3 nitrogen and oxygen atoms in total. The molecule has 0 fully saturated rings. The molecule has 0 radical (unpaired) electrons. The zero-order valence-electron chi connectivity index (χ0n) is 12.6. The monoisotopic (exact) mass is 306 g/mol. The Kier molecular flexibility index (Phi) is 5.01. The summed E-state index contributed by atoms with van der Waals surface area (Å²) in [5.41, 5.74) is 2.27. The van der Waals surface area contributed by atoms with Gasteiger partial charge in [0.2, 0.25) is 0 Å². The van der Waals surface area contributed by atoms with Crippen LogP contribution in [0.4, 0.5) is 0 Å². The van der Waals surface area contributed by atoms with Gasteiger partial charge in [-0.05, 0) is 53.8 Å². The minimum absolute atomic E-state index is 0.0320. The standard InChI is InChI=1S/C17H22O3S/c1-3-4-5-6-7-14-9-8-13(2)16-11-10-15(12-17(14)16)21(18,19)20/h8-12H,3-7H2,1-2H3,(H,18,19,20). The summed E-state index contributed by atoms with van der Waals surface area (Å²) in [4.78, 5) is -0.0320. The zero-order chi connectivity index (χ0) is 15.5. The van der Waals surface area contributed by atoms with Crippen LogP contribution in [0.3, 0.4) is 0 Å². The Morgan fingerprint density at radius 3 is 2.43 bits per heavy atom. The molecule has 2 rings (SSSR count). The summed E-state index contributed by atoms with van der Waals surface area (Å²) in [6, 6.07) is 8.98. The predicted octanol–water partition coefficient (Wildman–Crippen LogP) is 4.52. The van der Waals surface area contributed by atoms with Crippen LogP contribution in [0.5, 0.6) is 0 Å². The molecule has 21 heavy (non-hydrogen) atoms. The summed E-state index contributed by atoms with van der Waals surface area (Å²) < 4.78 is 31.9. The van der Waals surface area contributed by atoms with Crippen molar-refractivity contribution >= 4 is 20.9 Å². The average molecular weight is 306 g/mol. The molecule has 0 unspecified atom stereocenters. The molecule has 0 aliphatic heterocycles. The van der Waals surface area contributed by atoms with Crippen LogP contribution >= 0.6 is 0 Å². The second kappa shape index (κ2) is 6.58. The lowest BCUT2D eigenvalue weighted by Gasteiger charge is -2.10. The van der Waals surface area contributed by atoms with Gasteiger partial charge in [-0.3, -0.25) is 4.55 Å². The SMILES string of the molecule is CCCCCCc1ccc(C)c2ccc(S(=O)(=O)O)cc12. The van der Waals surface area contributed by atoms with E-state index in [-0.39, 0.29) is 4.90 Å². The molecule has 0 bridgehead atoms. The van der Waals surface area contributed by atoms with Crippen LogP contribution < -0.4 is 0 Å². The summed E-state index contributed by atoms with van der Waals surface area (Å²) in [7, 11) is -4.15. The first-order chi connectivity index (χ1) is 9.93. The van der Waals surface area contributed by atoms with E-state index in [9.17, 15) is 13.0 Å². The Morgan fingerprint density at radius 2 is 1.76 bits per heavy atom. The molecular formula is C17H22O3S. The number of unbranched alkanes of at least 4 members (excludes halogenated alkanes) is 3. The van der Waals surface area contributed by atoms with Crippen LogP contribution in [0.1, 0.15) is 43.7 Å². The number of aryl methyl sites for hydroxylation is 2. The van der Waals surface area contributed by atoms with Crippen LogP contribution in [0.2, 0.25) is 0 Å². The summed E-state index contributed by atoms with van der Waals surface area (Å²) in [6.07, 6.45) is 5.64. The highest BCUT2D eigenvalue weighted by atomic mass is 32.2. The van der Waals surface area contributed by atoms with Crippen molar-refractivity contribution in [1.29, 1.82) is 0 Å². The molecule has 0 saturated heterocycles.